The van der Waals surface area contributed by atoms with E-state index in [1.807, 2.05) is 24.3 Å². The molecule has 0 unspecified atom stereocenters. The maximum atomic E-state index is 12.3. The van der Waals surface area contributed by atoms with Crippen molar-refractivity contribution in [3.63, 3.8) is 0 Å². The van der Waals surface area contributed by atoms with Gasteiger partial charge in [-0.15, -0.1) is 0 Å². The number of amides is 2. The van der Waals surface area contributed by atoms with Crippen molar-refractivity contribution in [2.45, 2.75) is 26.7 Å². The number of carbonyl (C=O) groups is 3. The number of aryl methyl sites for hydroxylation is 1. The molecule has 0 radical (unpaired) electrons. The van der Waals surface area contributed by atoms with E-state index in [-0.39, 0.29) is 18.9 Å². The van der Waals surface area contributed by atoms with Crippen molar-refractivity contribution in [1.82, 2.24) is 0 Å². The summed E-state index contributed by atoms with van der Waals surface area (Å²) in [6.45, 7) is 3.68. The van der Waals surface area contributed by atoms with Crippen molar-refractivity contribution in [2.75, 3.05) is 23.4 Å². The van der Waals surface area contributed by atoms with Gasteiger partial charge in [-0.25, -0.2) is 0 Å². The van der Waals surface area contributed by atoms with Gasteiger partial charge in [0, 0.05) is 29.4 Å². The van der Waals surface area contributed by atoms with Crippen molar-refractivity contribution in [3.8, 4) is 0 Å². The van der Waals surface area contributed by atoms with Crippen LogP contribution < -0.4 is 10.2 Å². The van der Waals surface area contributed by atoms with Crippen molar-refractivity contribution in [2.24, 2.45) is 5.92 Å². The van der Waals surface area contributed by atoms with Gasteiger partial charge < -0.3 is 15.0 Å². The first-order valence-corrected chi connectivity index (χ1v) is 9.87. The van der Waals surface area contributed by atoms with Gasteiger partial charge in [-0.1, -0.05) is 36.7 Å². The fourth-order valence-electron chi connectivity index (χ4n) is 3.21. The van der Waals surface area contributed by atoms with E-state index in [1.54, 1.807) is 30.0 Å². The fourth-order valence-corrected chi connectivity index (χ4v) is 3.38. The number of halogens is 1. The van der Waals surface area contributed by atoms with Gasteiger partial charge in [-0.3, -0.25) is 14.4 Å². The molecule has 2 aromatic rings. The number of anilines is 2. The third-order valence-corrected chi connectivity index (χ3v) is 5.41. The molecular formula is C22H23ClN2O4. The maximum absolute atomic E-state index is 12.3. The normalized spacial score (nSPS) is 16.0. The number of carbonyl (C=O) groups excluding carboxylic acids is 3. The summed E-state index contributed by atoms with van der Waals surface area (Å²) in [6, 6.07) is 12.9. The van der Waals surface area contributed by atoms with E-state index < -0.39 is 24.4 Å². The minimum Gasteiger partial charge on any atom is -0.455 e. The molecule has 29 heavy (non-hydrogen) atoms. The Bertz CT molecular complexity index is 927. The van der Waals surface area contributed by atoms with E-state index >= 15 is 0 Å². The van der Waals surface area contributed by atoms with Gasteiger partial charge in [0.25, 0.3) is 5.91 Å². The Morgan fingerprint density at radius 3 is 2.62 bits per heavy atom. The van der Waals surface area contributed by atoms with Crippen LogP contribution in [0.4, 0.5) is 11.4 Å². The number of nitrogens with zero attached hydrogens (tertiary/aromatic N) is 1. The van der Waals surface area contributed by atoms with Crippen LogP contribution in [0.15, 0.2) is 42.5 Å². The predicted molar refractivity (Wildman–Crippen MR) is 112 cm³/mol. The molecule has 1 heterocycles. The van der Waals surface area contributed by atoms with E-state index in [4.69, 9.17) is 16.3 Å². The quantitative estimate of drug-likeness (QED) is 0.730. The second kappa shape index (κ2) is 9.09. The van der Waals surface area contributed by atoms with E-state index in [0.717, 1.165) is 17.7 Å². The van der Waals surface area contributed by atoms with Crippen LogP contribution in [0, 0.1) is 12.8 Å². The highest BCUT2D eigenvalue weighted by Crippen LogP contribution is 2.26. The summed E-state index contributed by atoms with van der Waals surface area (Å²) < 4.78 is 5.14. The Morgan fingerprint density at radius 2 is 1.93 bits per heavy atom. The van der Waals surface area contributed by atoms with Crippen LogP contribution in [0.2, 0.25) is 5.02 Å². The van der Waals surface area contributed by atoms with Gasteiger partial charge in [0.15, 0.2) is 6.61 Å². The lowest BCUT2D eigenvalue weighted by Crippen LogP contribution is -2.28. The van der Waals surface area contributed by atoms with Gasteiger partial charge in [0.05, 0.1) is 5.92 Å². The predicted octanol–water partition coefficient (Wildman–Crippen LogP) is 3.75. The zero-order valence-corrected chi connectivity index (χ0v) is 17.2. The summed E-state index contributed by atoms with van der Waals surface area (Å²) in [5.41, 5.74) is 3.24. The molecule has 0 aromatic heterocycles. The lowest BCUT2D eigenvalue weighted by molar-refractivity contribution is -0.151. The van der Waals surface area contributed by atoms with Gasteiger partial charge in [-0.2, -0.15) is 0 Å². The molecule has 0 spiro atoms. The molecule has 2 aromatic carbocycles. The summed E-state index contributed by atoms with van der Waals surface area (Å²) >= 11 is 6.03. The van der Waals surface area contributed by atoms with Crippen LogP contribution in [0.3, 0.4) is 0 Å². The molecule has 0 aliphatic carbocycles. The lowest BCUT2D eigenvalue weighted by Gasteiger charge is -2.17. The van der Waals surface area contributed by atoms with Gasteiger partial charge in [0.1, 0.15) is 0 Å². The van der Waals surface area contributed by atoms with Crippen LogP contribution >= 0.6 is 11.6 Å². The molecule has 7 heteroatoms. The zero-order valence-electron chi connectivity index (χ0n) is 16.4. The molecule has 152 valence electrons. The third kappa shape index (κ3) is 4.95. The van der Waals surface area contributed by atoms with Gasteiger partial charge >= 0.3 is 5.97 Å². The molecule has 3 rings (SSSR count). The molecule has 0 bridgehead atoms. The third-order valence-electron chi connectivity index (χ3n) is 5.00. The topological polar surface area (TPSA) is 75.7 Å². The molecule has 2 amide bonds. The first-order valence-electron chi connectivity index (χ1n) is 9.50. The fraction of sp³-hybridized carbons (Fsp3) is 0.318. The Labute approximate surface area is 174 Å². The van der Waals surface area contributed by atoms with Crippen LogP contribution in [0.1, 0.15) is 24.5 Å². The largest absolute Gasteiger partial charge is 0.455 e. The highest BCUT2D eigenvalue weighted by molar-refractivity contribution is 6.31. The molecule has 1 atom stereocenters. The number of nitrogens with one attached hydrogen (secondary N) is 1. The van der Waals surface area contributed by atoms with E-state index in [0.29, 0.717) is 10.7 Å². The first kappa shape index (κ1) is 20.9. The summed E-state index contributed by atoms with van der Waals surface area (Å²) in [4.78, 5) is 38.3. The maximum Gasteiger partial charge on any atom is 0.311 e. The number of hydrogen-bond donors (Lipinski definition) is 1. The van der Waals surface area contributed by atoms with Gasteiger partial charge in [0.2, 0.25) is 5.91 Å². The molecule has 1 saturated heterocycles. The minimum atomic E-state index is -0.589. The summed E-state index contributed by atoms with van der Waals surface area (Å²) in [5.74, 6) is -1.73. The van der Waals surface area contributed by atoms with E-state index in [2.05, 4.69) is 12.2 Å². The molecule has 1 N–H and O–H groups in total. The van der Waals surface area contributed by atoms with Crippen molar-refractivity contribution < 1.29 is 19.1 Å². The number of ether oxygens (including phenoxy) is 1. The molecule has 1 aliphatic heterocycles. The average molecular weight is 415 g/mol. The second-order valence-corrected chi connectivity index (χ2v) is 7.40. The van der Waals surface area contributed by atoms with Crippen LogP contribution in [0.25, 0.3) is 0 Å². The highest BCUT2D eigenvalue weighted by atomic mass is 35.5. The van der Waals surface area contributed by atoms with Gasteiger partial charge in [-0.05, 0) is 48.7 Å². The Morgan fingerprint density at radius 1 is 1.21 bits per heavy atom. The van der Waals surface area contributed by atoms with E-state index in [1.165, 1.54) is 5.56 Å². The standard InChI is InChI=1S/C22H23ClN2O4/c1-3-15-7-9-17(10-8-15)25-12-16(11-21(25)27)22(28)29-13-20(26)24-19-6-4-5-18(23)14(19)2/h4-10,16H,3,11-13H2,1-2H3,(H,24,26)/t16-/m0/s1. The Kier molecular flexibility index (Phi) is 6.54. The number of esters is 1. The zero-order chi connectivity index (χ0) is 21.0. The number of hydrogen-bond acceptors (Lipinski definition) is 4. The molecule has 0 saturated carbocycles. The average Bonchev–Trinajstić information content (AvgIpc) is 3.11. The molecular weight excluding hydrogens is 392 g/mol. The summed E-state index contributed by atoms with van der Waals surface area (Å²) in [7, 11) is 0. The number of benzene rings is 2. The Balaban J connectivity index is 1.53. The van der Waals surface area contributed by atoms with Crippen molar-refractivity contribution in [3.05, 3.63) is 58.6 Å². The van der Waals surface area contributed by atoms with Crippen molar-refractivity contribution >= 4 is 40.8 Å². The SMILES string of the molecule is CCc1ccc(N2C[C@@H](C(=O)OCC(=O)Nc3cccc(Cl)c3C)CC2=O)cc1. The summed E-state index contributed by atoms with van der Waals surface area (Å²) in [5, 5.41) is 3.21. The monoisotopic (exact) mass is 414 g/mol. The van der Waals surface area contributed by atoms with Crippen LogP contribution in [0.5, 0.6) is 0 Å². The van der Waals surface area contributed by atoms with E-state index in [9.17, 15) is 14.4 Å². The summed E-state index contributed by atoms with van der Waals surface area (Å²) in [6.07, 6.45) is 0.989. The van der Waals surface area contributed by atoms with Crippen LogP contribution in [-0.2, 0) is 25.5 Å². The van der Waals surface area contributed by atoms with Crippen molar-refractivity contribution in [1.29, 1.82) is 0 Å². The lowest BCUT2D eigenvalue weighted by atomic mass is 10.1. The molecule has 6 nitrogen and oxygen atoms in total. The second-order valence-electron chi connectivity index (χ2n) is 6.99. The highest BCUT2D eigenvalue weighted by Gasteiger charge is 2.36. The first-order chi connectivity index (χ1) is 13.9. The molecule has 1 aliphatic rings. The number of rotatable bonds is 6. The smallest absolute Gasteiger partial charge is 0.311 e. The molecule has 1 fully saturated rings. The van der Waals surface area contributed by atoms with Crippen LogP contribution in [-0.4, -0.2) is 30.9 Å². The minimum absolute atomic E-state index is 0.0728. The Hall–Kier alpha value is -2.86.